The molecule has 4 aliphatic heterocycles. The second-order valence-electron chi connectivity index (χ2n) is 8.08. The van der Waals surface area contributed by atoms with Crippen LogP contribution in [0.5, 0.6) is 0 Å². The van der Waals surface area contributed by atoms with Gasteiger partial charge in [0.1, 0.15) is 0 Å². The van der Waals surface area contributed by atoms with Crippen molar-refractivity contribution in [2.75, 3.05) is 93.6 Å². The molecule has 0 aromatic carbocycles. The molecule has 4 heterocycles. The average molecular weight is 356 g/mol. The summed E-state index contributed by atoms with van der Waals surface area (Å²) in [5.74, 6) is 0. The fourth-order valence-corrected chi connectivity index (χ4v) is 3.18. The second kappa shape index (κ2) is 14.9. The minimum atomic E-state index is 1.16. The normalized spacial score (nSPS) is 25.4. The summed E-state index contributed by atoms with van der Waals surface area (Å²) in [6.45, 7) is 12.7. The van der Waals surface area contributed by atoms with Crippen LogP contribution in [0.1, 0.15) is 38.5 Å². The van der Waals surface area contributed by atoms with Gasteiger partial charge in [-0.05, 0) is 99.6 Å². The first-order valence-corrected chi connectivity index (χ1v) is 10.5. The van der Waals surface area contributed by atoms with Crippen LogP contribution in [0.25, 0.3) is 0 Å². The van der Waals surface area contributed by atoms with Gasteiger partial charge in [-0.15, -0.1) is 0 Å². The van der Waals surface area contributed by atoms with E-state index in [2.05, 4.69) is 53.1 Å². The van der Waals surface area contributed by atoms with Crippen molar-refractivity contribution in [2.24, 2.45) is 0 Å². The highest BCUT2D eigenvalue weighted by Gasteiger charge is 2.05. The topological polar surface area (TPSA) is 25.0 Å². The lowest BCUT2D eigenvalue weighted by Gasteiger charge is -2.24. The number of piperazine rings is 1. The molecule has 4 saturated heterocycles. The quantitative estimate of drug-likeness (QED) is 0.713. The van der Waals surface area contributed by atoms with Gasteiger partial charge in [-0.1, -0.05) is 6.42 Å². The van der Waals surface area contributed by atoms with E-state index in [1.54, 1.807) is 0 Å². The van der Waals surface area contributed by atoms with E-state index in [9.17, 15) is 0 Å². The van der Waals surface area contributed by atoms with Gasteiger partial charge in [-0.3, -0.25) is 0 Å². The Morgan fingerprint density at radius 3 is 0.880 bits per heavy atom. The summed E-state index contributed by atoms with van der Waals surface area (Å²) in [6.07, 6.45) is 8.51. The first-order valence-electron chi connectivity index (χ1n) is 10.5. The van der Waals surface area contributed by atoms with E-state index in [1.165, 1.54) is 90.9 Å². The fourth-order valence-electron chi connectivity index (χ4n) is 3.18. The number of nitrogens with one attached hydrogen (secondary N) is 1. The molecule has 0 spiro atoms. The third-order valence-electron chi connectivity index (χ3n) is 5.33. The molecule has 0 bridgehead atoms. The first-order chi connectivity index (χ1) is 12.1. The lowest BCUT2D eigenvalue weighted by molar-refractivity contribution is 0.229. The van der Waals surface area contributed by atoms with Gasteiger partial charge in [-0.25, -0.2) is 0 Å². The SMILES string of the molecule is CN1CCC1.CN1CCCC1.CN1CCCCC1.CN1CCNCC1. The molecule has 4 aliphatic rings. The second-order valence-corrected chi connectivity index (χ2v) is 8.08. The first kappa shape index (κ1) is 22.8. The molecule has 4 rings (SSSR count). The molecule has 150 valence electrons. The molecule has 0 aromatic heterocycles. The summed E-state index contributed by atoms with van der Waals surface area (Å²) in [7, 11) is 8.66. The van der Waals surface area contributed by atoms with Crippen LogP contribution in [0, 0.1) is 0 Å². The van der Waals surface area contributed by atoms with Crippen molar-refractivity contribution in [3.8, 4) is 0 Å². The molecule has 5 heteroatoms. The van der Waals surface area contributed by atoms with Crippen LogP contribution < -0.4 is 5.32 Å². The highest BCUT2D eigenvalue weighted by molar-refractivity contribution is 4.62. The molecule has 0 unspecified atom stereocenters. The van der Waals surface area contributed by atoms with Crippen LogP contribution in [0.3, 0.4) is 0 Å². The van der Waals surface area contributed by atoms with Crippen molar-refractivity contribution < 1.29 is 0 Å². The molecule has 4 fully saturated rings. The minimum absolute atomic E-state index is 1.16. The standard InChI is InChI=1S/C6H13N.C5H12N2.C5H11N.C4H9N/c1-7-5-3-2-4-6-7;1-7-4-2-6-3-5-7;1-6-4-2-3-5-6;1-5-3-2-4-5/h2-6H2,1H3;6H,2-5H2,1H3;2-5H2,1H3;2-4H2,1H3. The maximum absolute atomic E-state index is 3.27. The van der Waals surface area contributed by atoms with Crippen molar-refractivity contribution in [3.05, 3.63) is 0 Å². The lowest BCUT2D eigenvalue weighted by Crippen LogP contribution is -2.40. The number of nitrogens with zero attached hydrogens (tertiary/aromatic N) is 4. The smallest absolute Gasteiger partial charge is 0.0104 e. The number of hydrogen-bond acceptors (Lipinski definition) is 5. The molecule has 1 N–H and O–H groups in total. The van der Waals surface area contributed by atoms with E-state index in [1.807, 2.05) is 0 Å². The van der Waals surface area contributed by atoms with E-state index in [-0.39, 0.29) is 0 Å². The molecule has 0 aliphatic carbocycles. The van der Waals surface area contributed by atoms with Crippen molar-refractivity contribution in [2.45, 2.75) is 38.5 Å². The Balaban J connectivity index is 0.000000168. The van der Waals surface area contributed by atoms with E-state index in [4.69, 9.17) is 0 Å². The van der Waals surface area contributed by atoms with E-state index < -0.39 is 0 Å². The molecule has 25 heavy (non-hydrogen) atoms. The lowest BCUT2D eigenvalue weighted by atomic mass is 10.1. The summed E-state index contributed by atoms with van der Waals surface area (Å²) < 4.78 is 0. The largest absolute Gasteiger partial charge is 0.314 e. The predicted molar refractivity (Wildman–Crippen MR) is 111 cm³/mol. The summed E-state index contributed by atoms with van der Waals surface area (Å²) in [4.78, 5) is 9.39. The summed E-state index contributed by atoms with van der Waals surface area (Å²) in [6, 6.07) is 0. The highest BCUT2D eigenvalue weighted by Crippen LogP contribution is 2.04. The van der Waals surface area contributed by atoms with Crippen LogP contribution >= 0.6 is 0 Å². The van der Waals surface area contributed by atoms with E-state index in [0.29, 0.717) is 0 Å². The van der Waals surface area contributed by atoms with Gasteiger partial charge < -0.3 is 24.9 Å². The molecule has 0 saturated carbocycles. The van der Waals surface area contributed by atoms with Gasteiger partial charge in [0.05, 0.1) is 0 Å². The Morgan fingerprint density at radius 1 is 0.400 bits per heavy atom. The van der Waals surface area contributed by atoms with Crippen molar-refractivity contribution in [1.29, 1.82) is 0 Å². The van der Waals surface area contributed by atoms with Gasteiger partial charge in [-0.2, -0.15) is 0 Å². The van der Waals surface area contributed by atoms with Crippen LogP contribution in [0.15, 0.2) is 0 Å². The number of likely N-dealkylation sites (tertiary alicyclic amines) is 3. The Hall–Kier alpha value is -0.200. The van der Waals surface area contributed by atoms with Crippen molar-refractivity contribution >= 4 is 0 Å². The Morgan fingerprint density at radius 2 is 0.720 bits per heavy atom. The zero-order valence-electron chi connectivity index (χ0n) is 17.6. The third-order valence-corrected chi connectivity index (χ3v) is 5.33. The molecule has 5 nitrogen and oxygen atoms in total. The van der Waals surface area contributed by atoms with Gasteiger partial charge >= 0.3 is 0 Å². The number of hydrogen-bond donors (Lipinski definition) is 1. The molecule has 0 aromatic rings. The zero-order valence-corrected chi connectivity index (χ0v) is 17.6. The van der Waals surface area contributed by atoms with Gasteiger partial charge in [0.15, 0.2) is 0 Å². The van der Waals surface area contributed by atoms with Gasteiger partial charge in [0.2, 0.25) is 0 Å². The number of piperidine rings is 1. The maximum Gasteiger partial charge on any atom is 0.0104 e. The van der Waals surface area contributed by atoms with Crippen LogP contribution in [0.2, 0.25) is 0 Å². The zero-order chi connectivity index (χ0) is 18.3. The summed E-state index contributed by atoms with van der Waals surface area (Å²) in [5, 5.41) is 3.27. The van der Waals surface area contributed by atoms with Crippen LogP contribution in [0.4, 0.5) is 0 Å². The predicted octanol–water partition coefficient (Wildman–Crippen LogP) is 1.66. The minimum Gasteiger partial charge on any atom is -0.314 e. The Bertz CT molecular complexity index is 262. The van der Waals surface area contributed by atoms with E-state index >= 15 is 0 Å². The summed E-state index contributed by atoms with van der Waals surface area (Å²) >= 11 is 0. The summed E-state index contributed by atoms with van der Waals surface area (Å²) in [5.41, 5.74) is 0. The highest BCUT2D eigenvalue weighted by atomic mass is 15.2. The average Bonchev–Trinajstić information content (AvgIpc) is 3.07. The van der Waals surface area contributed by atoms with Crippen molar-refractivity contribution in [3.63, 3.8) is 0 Å². The molecular weight excluding hydrogens is 310 g/mol. The molecule has 0 amide bonds. The van der Waals surface area contributed by atoms with Gasteiger partial charge in [0.25, 0.3) is 0 Å². The molecule has 0 radical (unpaired) electrons. The van der Waals surface area contributed by atoms with Crippen LogP contribution in [-0.4, -0.2) is 113 Å². The monoisotopic (exact) mass is 355 g/mol. The number of rotatable bonds is 0. The van der Waals surface area contributed by atoms with Gasteiger partial charge in [0, 0.05) is 26.2 Å². The molecular formula is C20H45N5. The van der Waals surface area contributed by atoms with Crippen molar-refractivity contribution in [1.82, 2.24) is 24.9 Å². The van der Waals surface area contributed by atoms with E-state index in [0.717, 1.165) is 13.1 Å². The third kappa shape index (κ3) is 13.6. The fraction of sp³-hybridized carbons (Fsp3) is 1.00. The molecule has 0 atom stereocenters. The maximum atomic E-state index is 3.27. The Labute approximate surface area is 157 Å². The van der Waals surface area contributed by atoms with Crippen LogP contribution in [-0.2, 0) is 0 Å². The Kier molecular flexibility index (Phi) is 13.6. The number of likely N-dealkylation sites (N-methyl/N-ethyl adjacent to an activating group) is 1.